The predicted octanol–water partition coefficient (Wildman–Crippen LogP) is 2.53. The number of rotatable bonds is 3. The lowest BCUT2D eigenvalue weighted by Crippen LogP contribution is -2.06. The molecule has 0 aliphatic rings. The van der Waals surface area contributed by atoms with E-state index in [1.807, 2.05) is 37.2 Å². The molecule has 84 valence electrons. The summed E-state index contributed by atoms with van der Waals surface area (Å²) in [6.45, 7) is 0. The Bertz CT molecular complexity index is 519. The highest BCUT2D eigenvalue weighted by Gasteiger charge is 2.03. The van der Waals surface area contributed by atoms with Gasteiger partial charge in [-0.05, 0) is 18.2 Å². The summed E-state index contributed by atoms with van der Waals surface area (Å²) in [5, 5.41) is 0.761. The van der Waals surface area contributed by atoms with Gasteiger partial charge < -0.3 is 9.64 Å². The number of ether oxygens (including phenoxy) is 1. The standard InChI is InChI=1S/C11H13N3OS/c1-14(2)7-12-11-13-9-5-4-8(15-3)6-10(9)16-11/h4-7H,1-3H3. The van der Waals surface area contributed by atoms with Crippen molar-refractivity contribution in [2.75, 3.05) is 21.2 Å². The monoisotopic (exact) mass is 235 g/mol. The first-order valence-corrected chi connectivity index (χ1v) is 5.66. The summed E-state index contributed by atoms with van der Waals surface area (Å²) in [7, 11) is 5.52. The Kier molecular flexibility index (Phi) is 3.05. The highest BCUT2D eigenvalue weighted by atomic mass is 32.1. The Morgan fingerprint density at radius 3 is 2.94 bits per heavy atom. The van der Waals surface area contributed by atoms with Crippen molar-refractivity contribution in [2.45, 2.75) is 0 Å². The van der Waals surface area contributed by atoms with Crippen LogP contribution in [0.1, 0.15) is 0 Å². The second kappa shape index (κ2) is 4.49. The fourth-order valence-corrected chi connectivity index (χ4v) is 2.07. The molecule has 1 heterocycles. The Hall–Kier alpha value is -1.62. The smallest absolute Gasteiger partial charge is 0.211 e. The first-order chi connectivity index (χ1) is 7.69. The first kappa shape index (κ1) is 10.9. The van der Waals surface area contributed by atoms with Crippen molar-refractivity contribution in [1.29, 1.82) is 0 Å². The fraction of sp³-hybridized carbons (Fsp3) is 0.273. The highest BCUT2D eigenvalue weighted by molar-refractivity contribution is 7.22. The SMILES string of the molecule is COc1ccc2nc(N=CN(C)C)sc2c1. The van der Waals surface area contributed by atoms with Gasteiger partial charge in [0, 0.05) is 14.1 Å². The number of methoxy groups -OCH3 is 1. The van der Waals surface area contributed by atoms with E-state index in [0.717, 1.165) is 21.1 Å². The molecule has 0 atom stereocenters. The van der Waals surface area contributed by atoms with Gasteiger partial charge in [-0.1, -0.05) is 11.3 Å². The lowest BCUT2D eigenvalue weighted by molar-refractivity contribution is 0.415. The summed E-state index contributed by atoms with van der Waals surface area (Å²) < 4.78 is 6.25. The van der Waals surface area contributed by atoms with E-state index in [4.69, 9.17) is 4.74 Å². The van der Waals surface area contributed by atoms with Crippen LogP contribution in [-0.4, -0.2) is 37.4 Å². The molecule has 16 heavy (non-hydrogen) atoms. The molecule has 0 spiro atoms. The second-order valence-corrected chi connectivity index (χ2v) is 4.55. The molecule has 0 saturated carbocycles. The van der Waals surface area contributed by atoms with Crippen molar-refractivity contribution >= 4 is 33.0 Å². The Labute approximate surface area is 98.2 Å². The quantitative estimate of drug-likeness (QED) is 0.606. The third-order valence-corrected chi connectivity index (χ3v) is 2.91. The van der Waals surface area contributed by atoms with E-state index in [0.29, 0.717) is 0 Å². The average molecular weight is 235 g/mol. The summed E-state index contributed by atoms with van der Waals surface area (Å²) in [6, 6.07) is 5.82. The molecular formula is C11H13N3OS. The zero-order chi connectivity index (χ0) is 11.5. The average Bonchev–Trinajstić information content (AvgIpc) is 2.67. The molecule has 0 aliphatic carbocycles. The Balaban J connectivity index is 2.36. The Morgan fingerprint density at radius 1 is 1.44 bits per heavy atom. The normalized spacial score (nSPS) is 11.2. The van der Waals surface area contributed by atoms with E-state index in [1.165, 1.54) is 0 Å². The van der Waals surface area contributed by atoms with Crippen molar-refractivity contribution in [3.8, 4) is 5.75 Å². The van der Waals surface area contributed by atoms with Crippen molar-refractivity contribution in [1.82, 2.24) is 9.88 Å². The second-order valence-electron chi connectivity index (χ2n) is 3.54. The summed E-state index contributed by atoms with van der Waals surface area (Å²) in [5.74, 6) is 0.847. The number of thiazole rings is 1. The van der Waals surface area contributed by atoms with Gasteiger partial charge in [-0.2, -0.15) is 0 Å². The van der Waals surface area contributed by atoms with Gasteiger partial charge in [0.15, 0.2) is 0 Å². The third-order valence-electron chi connectivity index (χ3n) is 1.98. The van der Waals surface area contributed by atoms with E-state index in [1.54, 1.807) is 24.8 Å². The minimum Gasteiger partial charge on any atom is -0.497 e. The van der Waals surface area contributed by atoms with Crippen molar-refractivity contribution in [2.24, 2.45) is 4.99 Å². The molecule has 1 aromatic heterocycles. The molecule has 0 N–H and O–H groups in total. The van der Waals surface area contributed by atoms with E-state index in [-0.39, 0.29) is 0 Å². The molecule has 0 fully saturated rings. The Morgan fingerprint density at radius 2 is 2.25 bits per heavy atom. The van der Waals surface area contributed by atoms with Gasteiger partial charge in [0.2, 0.25) is 5.13 Å². The summed E-state index contributed by atoms with van der Waals surface area (Å²) >= 11 is 1.55. The van der Waals surface area contributed by atoms with Crippen molar-refractivity contribution in [3.63, 3.8) is 0 Å². The predicted molar refractivity (Wildman–Crippen MR) is 68.0 cm³/mol. The van der Waals surface area contributed by atoms with Crippen molar-refractivity contribution in [3.05, 3.63) is 18.2 Å². The van der Waals surface area contributed by atoms with Crippen LogP contribution in [0.25, 0.3) is 10.2 Å². The van der Waals surface area contributed by atoms with Crippen LogP contribution in [0.3, 0.4) is 0 Å². The maximum absolute atomic E-state index is 5.16. The van der Waals surface area contributed by atoms with Crippen molar-refractivity contribution < 1.29 is 4.74 Å². The van der Waals surface area contributed by atoms with Gasteiger partial charge in [0.1, 0.15) is 5.75 Å². The topological polar surface area (TPSA) is 37.7 Å². The summed E-state index contributed by atoms with van der Waals surface area (Å²) in [5.41, 5.74) is 0.955. The number of hydrogen-bond acceptors (Lipinski definition) is 4. The van der Waals surface area contributed by atoms with Crippen LogP contribution < -0.4 is 4.74 Å². The van der Waals surface area contributed by atoms with Crippen LogP contribution in [0.5, 0.6) is 5.75 Å². The summed E-state index contributed by atoms with van der Waals surface area (Å²) in [4.78, 5) is 10.5. The molecule has 0 aliphatic heterocycles. The maximum atomic E-state index is 5.16. The van der Waals surface area contributed by atoms with Crippen LogP contribution in [0.2, 0.25) is 0 Å². The number of fused-ring (bicyclic) bond motifs is 1. The maximum Gasteiger partial charge on any atom is 0.211 e. The van der Waals surface area contributed by atoms with Crippen LogP contribution >= 0.6 is 11.3 Å². The largest absolute Gasteiger partial charge is 0.497 e. The number of benzene rings is 1. The van der Waals surface area contributed by atoms with E-state index in [2.05, 4.69) is 9.98 Å². The summed E-state index contributed by atoms with van der Waals surface area (Å²) in [6.07, 6.45) is 1.74. The molecule has 5 heteroatoms. The van der Waals surface area contributed by atoms with E-state index in [9.17, 15) is 0 Å². The van der Waals surface area contributed by atoms with E-state index < -0.39 is 0 Å². The van der Waals surface area contributed by atoms with Crippen LogP contribution in [0, 0.1) is 0 Å². The molecule has 2 rings (SSSR count). The lowest BCUT2D eigenvalue weighted by Gasteiger charge is -1.99. The number of aromatic nitrogens is 1. The van der Waals surface area contributed by atoms with Gasteiger partial charge in [-0.25, -0.2) is 9.98 Å². The number of aliphatic imine (C=N–C) groups is 1. The third kappa shape index (κ3) is 2.30. The van der Waals surface area contributed by atoms with Crippen LogP contribution in [-0.2, 0) is 0 Å². The number of hydrogen-bond donors (Lipinski definition) is 0. The van der Waals surface area contributed by atoms with E-state index >= 15 is 0 Å². The van der Waals surface area contributed by atoms with Gasteiger partial charge in [-0.15, -0.1) is 0 Å². The molecule has 0 radical (unpaired) electrons. The van der Waals surface area contributed by atoms with Crippen LogP contribution in [0.4, 0.5) is 5.13 Å². The van der Waals surface area contributed by atoms with Gasteiger partial charge in [0.05, 0.1) is 23.7 Å². The highest BCUT2D eigenvalue weighted by Crippen LogP contribution is 2.30. The van der Waals surface area contributed by atoms with Gasteiger partial charge in [-0.3, -0.25) is 0 Å². The minimum atomic E-state index is 0.761. The lowest BCUT2D eigenvalue weighted by atomic mass is 10.3. The molecule has 0 bridgehead atoms. The molecule has 0 amide bonds. The van der Waals surface area contributed by atoms with Gasteiger partial charge in [0.25, 0.3) is 0 Å². The zero-order valence-corrected chi connectivity index (χ0v) is 10.3. The first-order valence-electron chi connectivity index (χ1n) is 4.84. The molecular weight excluding hydrogens is 222 g/mol. The molecule has 0 unspecified atom stereocenters. The fourth-order valence-electron chi connectivity index (χ4n) is 1.24. The zero-order valence-electron chi connectivity index (χ0n) is 9.47. The minimum absolute atomic E-state index is 0.761. The molecule has 4 nitrogen and oxygen atoms in total. The molecule has 1 aromatic carbocycles. The van der Waals surface area contributed by atoms with Crippen LogP contribution in [0.15, 0.2) is 23.2 Å². The number of nitrogens with zero attached hydrogens (tertiary/aromatic N) is 3. The molecule has 2 aromatic rings. The van der Waals surface area contributed by atoms with Gasteiger partial charge >= 0.3 is 0 Å². The molecule has 0 saturated heterocycles.